The number of piperazine rings is 1. The lowest BCUT2D eigenvalue weighted by atomic mass is 10.1. The summed E-state index contributed by atoms with van der Waals surface area (Å²) in [6, 6.07) is 22.6. The van der Waals surface area contributed by atoms with Crippen LogP contribution in [0.1, 0.15) is 66.0 Å². The van der Waals surface area contributed by atoms with Crippen LogP contribution in [0.4, 0.5) is 15.8 Å². The molecule has 2 saturated heterocycles. The number of ether oxygens (including phenoxy) is 2. The van der Waals surface area contributed by atoms with Crippen molar-refractivity contribution in [3.63, 3.8) is 0 Å². The first-order chi connectivity index (χ1) is 26.6. The zero-order valence-electron chi connectivity index (χ0n) is 33.5. The third-order valence-electron chi connectivity index (χ3n) is 9.50. The predicted molar refractivity (Wildman–Crippen MR) is 217 cm³/mol. The molecule has 2 aliphatic rings. The smallest absolute Gasteiger partial charge is 0.350 e. The van der Waals surface area contributed by atoms with Crippen molar-refractivity contribution in [3.8, 4) is 11.4 Å². The second-order valence-corrected chi connectivity index (χ2v) is 13.5. The molecule has 0 bridgehead atoms. The van der Waals surface area contributed by atoms with Gasteiger partial charge in [-0.15, -0.1) is 0 Å². The number of hydrogen-bond acceptors (Lipinski definition) is 9. The molecule has 0 aliphatic carbocycles. The highest BCUT2D eigenvalue weighted by Crippen LogP contribution is 2.25. The Kier molecular flexibility index (Phi) is 16.9. The average Bonchev–Trinajstić information content (AvgIpc) is 3.98. The number of anilines is 2. The molecule has 0 spiro atoms. The van der Waals surface area contributed by atoms with Gasteiger partial charge in [0, 0.05) is 50.0 Å². The van der Waals surface area contributed by atoms with Crippen molar-refractivity contribution in [2.24, 2.45) is 5.92 Å². The van der Waals surface area contributed by atoms with Gasteiger partial charge in [0.15, 0.2) is 0 Å². The minimum absolute atomic E-state index is 0.162. The van der Waals surface area contributed by atoms with Crippen molar-refractivity contribution in [2.45, 2.75) is 86.1 Å². The van der Waals surface area contributed by atoms with Crippen LogP contribution < -0.4 is 20.2 Å². The normalized spacial score (nSPS) is 17.5. The molecule has 0 saturated carbocycles. The first-order valence-electron chi connectivity index (χ1n) is 19.5. The van der Waals surface area contributed by atoms with Gasteiger partial charge < -0.3 is 24.4 Å². The molecule has 55 heavy (non-hydrogen) atoms. The van der Waals surface area contributed by atoms with Crippen molar-refractivity contribution in [2.75, 3.05) is 49.2 Å². The molecule has 2 aromatic heterocycles. The maximum Gasteiger partial charge on any atom is 0.350 e. The first kappa shape index (κ1) is 42.7. The number of aryl methyl sites for hydroxylation is 2. The number of nitrogens with zero attached hydrogens (tertiary/aromatic N) is 8. The second-order valence-electron chi connectivity index (χ2n) is 13.5. The fraction of sp³-hybridized carbons (Fsp3) is 0.476. The monoisotopic (exact) mass is 758 g/mol. The van der Waals surface area contributed by atoms with Gasteiger partial charge in [-0.1, -0.05) is 32.9 Å². The van der Waals surface area contributed by atoms with Crippen LogP contribution in [-0.4, -0.2) is 85.8 Å². The topological polar surface area (TPSA) is 116 Å². The van der Waals surface area contributed by atoms with E-state index in [-0.39, 0.29) is 17.5 Å². The van der Waals surface area contributed by atoms with Gasteiger partial charge in [0.1, 0.15) is 30.5 Å². The lowest BCUT2D eigenvalue weighted by molar-refractivity contribution is 0.114. The van der Waals surface area contributed by atoms with Gasteiger partial charge in [0.2, 0.25) is 0 Å². The van der Waals surface area contributed by atoms with Gasteiger partial charge in [-0.3, -0.25) is 4.68 Å². The summed E-state index contributed by atoms with van der Waals surface area (Å²) in [5, 5.41) is 18.1. The third-order valence-corrected chi connectivity index (χ3v) is 9.50. The Morgan fingerprint density at radius 1 is 0.909 bits per heavy atom. The molecule has 13 heteroatoms. The minimum atomic E-state index is -0.644. The molecule has 5 aromatic rings. The van der Waals surface area contributed by atoms with Crippen molar-refractivity contribution in [3.05, 3.63) is 114 Å². The molecule has 2 fully saturated rings. The van der Waals surface area contributed by atoms with Gasteiger partial charge in [0.05, 0.1) is 37.2 Å². The minimum Gasteiger partial charge on any atom is -0.493 e. The van der Waals surface area contributed by atoms with Gasteiger partial charge in [0.25, 0.3) is 0 Å². The van der Waals surface area contributed by atoms with Crippen LogP contribution >= 0.6 is 0 Å². The summed E-state index contributed by atoms with van der Waals surface area (Å²) >= 11 is 0. The summed E-state index contributed by atoms with van der Waals surface area (Å²) in [5.74, 6) is 1.23. The van der Waals surface area contributed by atoms with Crippen LogP contribution in [0.25, 0.3) is 5.69 Å². The Morgan fingerprint density at radius 2 is 1.53 bits per heavy atom. The Morgan fingerprint density at radius 3 is 1.98 bits per heavy atom. The van der Waals surface area contributed by atoms with E-state index < -0.39 is 6.10 Å². The van der Waals surface area contributed by atoms with Crippen molar-refractivity contribution in [1.29, 1.82) is 0 Å². The lowest BCUT2D eigenvalue weighted by Gasteiger charge is -2.37. The van der Waals surface area contributed by atoms with Crippen LogP contribution in [0, 0.1) is 18.7 Å². The summed E-state index contributed by atoms with van der Waals surface area (Å²) in [4.78, 5) is 21.4. The molecule has 12 nitrogen and oxygen atoms in total. The van der Waals surface area contributed by atoms with E-state index in [9.17, 15) is 14.3 Å². The Bertz CT molecular complexity index is 1840. The number of aromatic nitrogens is 6. The quantitative estimate of drug-likeness (QED) is 0.162. The highest BCUT2D eigenvalue weighted by atomic mass is 19.1. The Labute approximate surface area is 325 Å². The van der Waals surface area contributed by atoms with Crippen LogP contribution in [0.15, 0.2) is 96.6 Å². The summed E-state index contributed by atoms with van der Waals surface area (Å²) < 4.78 is 28.5. The molecule has 1 N–H and O–H groups in total. The van der Waals surface area contributed by atoms with Crippen molar-refractivity contribution in [1.82, 2.24) is 29.1 Å². The van der Waals surface area contributed by atoms with E-state index in [4.69, 9.17) is 9.47 Å². The van der Waals surface area contributed by atoms with Gasteiger partial charge >= 0.3 is 5.69 Å². The second kappa shape index (κ2) is 21.8. The number of rotatable bonds is 10. The molecule has 4 heterocycles. The van der Waals surface area contributed by atoms with Crippen LogP contribution in [0.3, 0.4) is 0 Å². The highest BCUT2D eigenvalue weighted by Gasteiger charge is 2.23. The maximum absolute atomic E-state index is 12.9. The molecule has 2 aliphatic heterocycles. The molecule has 0 amide bonds. The predicted octanol–water partition coefficient (Wildman–Crippen LogP) is 6.95. The van der Waals surface area contributed by atoms with E-state index in [2.05, 4.69) is 68.3 Å². The molecule has 3 unspecified atom stereocenters. The largest absolute Gasteiger partial charge is 0.493 e. The number of aliphatic hydroxyl groups is 1. The van der Waals surface area contributed by atoms with Gasteiger partial charge in [-0.2, -0.15) is 10.2 Å². The molecular formula is C42H59FN8O4. The maximum atomic E-state index is 12.9. The molecule has 4 atom stereocenters. The van der Waals surface area contributed by atoms with E-state index in [0.717, 1.165) is 68.4 Å². The average molecular weight is 759 g/mol. The van der Waals surface area contributed by atoms with Crippen LogP contribution in [-0.2, 0) is 11.3 Å². The van der Waals surface area contributed by atoms with Crippen LogP contribution in [0.2, 0.25) is 0 Å². The lowest BCUT2D eigenvalue weighted by Crippen LogP contribution is -2.46. The summed E-state index contributed by atoms with van der Waals surface area (Å²) in [5.41, 5.74) is 3.84. The highest BCUT2D eigenvalue weighted by molar-refractivity contribution is 5.54. The standard InChI is InChI=1S/C29H39N5O4.C7H7F.C4H7N3.C2H6/c1-4-28(22(3)35)34-29(36)33(20-30-34)26-7-5-24(6-8-26)31-13-15-32(16-14-31)25-9-11-27(12-10-25)38-19-23-17-21(2)37-18-23;1-6-3-2-4-7(8)5-6;1-2-7-4-5-3-6-7;1-2/h5-12,20-23,28,35H,4,13-19H2,1-3H3;2-5H,1H3;3-4H,2H2,1H3;1-2H3/t21?,22?,23-,28?;;;/m0.../s1. The molecular weight excluding hydrogens is 700 g/mol. The van der Waals surface area contributed by atoms with E-state index in [1.54, 1.807) is 24.0 Å². The Balaban J connectivity index is 0.000000325. The summed E-state index contributed by atoms with van der Waals surface area (Å²) in [6.07, 6.45) is 6.15. The van der Waals surface area contributed by atoms with E-state index in [0.29, 0.717) is 25.0 Å². The van der Waals surface area contributed by atoms with Gasteiger partial charge in [-0.25, -0.2) is 23.4 Å². The fourth-order valence-electron chi connectivity index (χ4n) is 6.48. The number of hydrogen-bond donors (Lipinski definition) is 1. The fourth-order valence-corrected chi connectivity index (χ4v) is 6.48. The van der Waals surface area contributed by atoms with Crippen LogP contribution in [0.5, 0.6) is 5.75 Å². The van der Waals surface area contributed by atoms with Gasteiger partial charge in [-0.05, 0) is 107 Å². The zero-order valence-corrected chi connectivity index (χ0v) is 33.5. The first-order valence-corrected chi connectivity index (χ1v) is 19.5. The van der Waals surface area contributed by atoms with Crippen molar-refractivity contribution >= 4 is 11.4 Å². The molecule has 298 valence electrons. The molecule has 7 rings (SSSR count). The van der Waals surface area contributed by atoms with E-state index in [1.807, 2.05) is 52.8 Å². The molecule has 3 aromatic carbocycles. The number of benzene rings is 3. The Hall–Kier alpha value is -5.01. The van der Waals surface area contributed by atoms with E-state index in [1.165, 1.54) is 39.7 Å². The zero-order chi connectivity index (χ0) is 39.7. The summed E-state index contributed by atoms with van der Waals surface area (Å²) in [6.45, 7) is 19.7. The van der Waals surface area contributed by atoms with E-state index >= 15 is 0 Å². The summed E-state index contributed by atoms with van der Waals surface area (Å²) in [7, 11) is 0. The molecule has 0 radical (unpaired) electrons. The SMILES string of the molecule is CC.CCC(C(C)O)n1ncn(-c2ccc(N3CCN(c4ccc(OC[C@@H]5COC(C)C5)cc4)CC3)cc2)c1=O.CCn1cncn1.Cc1cccc(F)c1. The number of halogens is 1. The number of aliphatic hydroxyl groups excluding tert-OH is 1. The van der Waals surface area contributed by atoms with Crippen molar-refractivity contribution < 1.29 is 19.0 Å². The third kappa shape index (κ3) is 12.5.